The molecular formula is C26H30F3N3O5. The largest absolute Gasteiger partial charge is 0.467 e. The van der Waals surface area contributed by atoms with E-state index in [0.29, 0.717) is 23.4 Å². The Bertz CT molecular complexity index is 1050. The molecule has 2 amide bonds. The third kappa shape index (κ3) is 9.41. The first-order valence-electron chi connectivity index (χ1n) is 11.9. The number of nitrogens with zero attached hydrogens (tertiary/aromatic N) is 1. The molecule has 11 heteroatoms. The van der Waals surface area contributed by atoms with Crippen molar-refractivity contribution in [3.05, 3.63) is 65.5 Å². The summed E-state index contributed by atoms with van der Waals surface area (Å²) >= 11 is 0. The molecule has 0 spiro atoms. The van der Waals surface area contributed by atoms with Gasteiger partial charge in [-0.15, -0.1) is 0 Å². The molecule has 0 radical (unpaired) electrons. The van der Waals surface area contributed by atoms with Crippen LogP contribution < -0.4 is 10.6 Å². The average molecular weight is 522 g/mol. The van der Waals surface area contributed by atoms with E-state index in [1.807, 2.05) is 4.90 Å². The molecule has 3 rings (SSSR count). The Labute approximate surface area is 213 Å². The number of methoxy groups -OCH3 is 1. The monoisotopic (exact) mass is 521 g/mol. The Balaban J connectivity index is 1.42. The summed E-state index contributed by atoms with van der Waals surface area (Å²) in [4.78, 5) is 38.3. The van der Waals surface area contributed by atoms with E-state index in [-0.39, 0.29) is 57.1 Å². The lowest BCUT2D eigenvalue weighted by molar-refractivity contribution is -0.143. The number of alkyl carbamates (subject to hydrolysis) is 1. The highest BCUT2D eigenvalue weighted by molar-refractivity contribution is 5.92. The van der Waals surface area contributed by atoms with Crippen LogP contribution in [-0.4, -0.2) is 61.6 Å². The van der Waals surface area contributed by atoms with Gasteiger partial charge in [0.15, 0.2) is 0 Å². The lowest BCUT2D eigenvalue weighted by Gasteiger charge is -2.32. The van der Waals surface area contributed by atoms with Crippen LogP contribution in [0.1, 0.15) is 30.4 Å². The van der Waals surface area contributed by atoms with Gasteiger partial charge in [-0.05, 0) is 41.8 Å². The van der Waals surface area contributed by atoms with Gasteiger partial charge in [0.1, 0.15) is 18.5 Å². The van der Waals surface area contributed by atoms with Gasteiger partial charge in [0.05, 0.1) is 13.5 Å². The van der Waals surface area contributed by atoms with E-state index in [1.54, 1.807) is 36.4 Å². The zero-order valence-electron chi connectivity index (χ0n) is 20.5. The number of carbonyl (C=O) groups is 3. The van der Waals surface area contributed by atoms with Gasteiger partial charge in [0.25, 0.3) is 5.92 Å². The standard InChI is InChI=1S/C26H30F3N3O5/c1-36-24(34)22(10-13-32-14-11-26(28,29)12-15-32)31-25(35)37-17-19-4-8-21(9-5-19)30-23(33)16-18-2-6-20(27)7-3-18/h2-9,22H,10-17H2,1H3,(H,30,33)(H,31,35)/t22-/m0/s1. The molecule has 0 unspecified atom stereocenters. The second kappa shape index (κ2) is 13.1. The SMILES string of the molecule is COC(=O)[C@H](CCN1CCC(F)(F)CC1)NC(=O)OCc1ccc(NC(=O)Cc2ccc(F)cc2)cc1. The van der Waals surface area contributed by atoms with Crippen molar-refractivity contribution in [1.82, 2.24) is 10.2 Å². The topological polar surface area (TPSA) is 97.0 Å². The summed E-state index contributed by atoms with van der Waals surface area (Å²) < 4.78 is 49.6. The van der Waals surface area contributed by atoms with Crippen molar-refractivity contribution in [3.8, 4) is 0 Å². The molecule has 1 aliphatic rings. The average Bonchev–Trinajstić information content (AvgIpc) is 2.87. The number of rotatable bonds is 10. The van der Waals surface area contributed by atoms with E-state index in [2.05, 4.69) is 10.6 Å². The Morgan fingerprint density at radius 3 is 2.24 bits per heavy atom. The van der Waals surface area contributed by atoms with Crippen LogP contribution in [0.5, 0.6) is 0 Å². The number of hydrogen-bond donors (Lipinski definition) is 2. The number of alkyl halides is 2. The molecule has 0 aromatic heterocycles. The molecular weight excluding hydrogens is 491 g/mol. The number of nitrogens with one attached hydrogen (secondary N) is 2. The van der Waals surface area contributed by atoms with Crippen LogP contribution in [-0.2, 0) is 32.1 Å². The molecule has 0 aliphatic carbocycles. The summed E-state index contributed by atoms with van der Waals surface area (Å²) in [6.45, 7) is 0.706. The number of esters is 1. The third-order valence-corrected chi connectivity index (χ3v) is 5.98. The van der Waals surface area contributed by atoms with Crippen LogP contribution in [0.4, 0.5) is 23.7 Å². The predicted octanol–water partition coefficient (Wildman–Crippen LogP) is 3.90. The summed E-state index contributed by atoms with van der Waals surface area (Å²) in [5, 5.41) is 5.20. The van der Waals surface area contributed by atoms with E-state index >= 15 is 0 Å². The number of likely N-dealkylation sites (tertiary alicyclic amines) is 1. The minimum atomic E-state index is -2.66. The first kappa shape index (κ1) is 28.0. The first-order chi connectivity index (χ1) is 17.6. The van der Waals surface area contributed by atoms with Crippen LogP contribution in [0, 0.1) is 5.82 Å². The van der Waals surface area contributed by atoms with Crippen molar-refractivity contribution in [3.63, 3.8) is 0 Å². The van der Waals surface area contributed by atoms with Gasteiger partial charge < -0.3 is 25.0 Å². The Morgan fingerprint density at radius 2 is 1.62 bits per heavy atom. The molecule has 0 saturated carbocycles. The quantitative estimate of drug-likeness (QED) is 0.461. The Hall–Kier alpha value is -3.60. The van der Waals surface area contributed by atoms with Gasteiger partial charge in [-0.3, -0.25) is 4.79 Å². The minimum Gasteiger partial charge on any atom is -0.467 e. The zero-order chi connectivity index (χ0) is 26.8. The molecule has 1 fully saturated rings. The van der Waals surface area contributed by atoms with Crippen LogP contribution in [0.3, 0.4) is 0 Å². The maximum Gasteiger partial charge on any atom is 0.408 e. The molecule has 1 atom stereocenters. The second-order valence-electron chi connectivity index (χ2n) is 8.83. The van der Waals surface area contributed by atoms with Crippen molar-refractivity contribution in [2.75, 3.05) is 32.1 Å². The number of carbonyl (C=O) groups excluding carboxylic acids is 3. The number of amides is 2. The lowest BCUT2D eigenvalue weighted by atomic mass is 10.1. The number of benzene rings is 2. The fourth-order valence-electron chi connectivity index (χ4n) is 3.82. The highest BCUT2D eigenvalue weighted by Crippen LogP contribution is 2.27. The molecule has 1 aliphatic heterocycles. The van der Waals surface area contributed by atoms with Gasteiger partial charge in [0, 0.05) is 38.2 Å². The maximum absolute atomic E-state index is 13.3. The van der Waals surface area contributed by atoms with Crippen molar-refractivity contribution >= 4 is 23.7 Å². The van der Waals surface area contributed by atoms with Gasteiger partial charge in [-0.2, -0.15) is 0 Å². The number of halogens is 3. The van der Waals surface area contributed by atoms with E-state index < -0.39 is 24.0 Å². The smallest absolute Gasteiger partial charge is 0.408 e. The number of piperidine rings is 1. The highest BCUT2D eigenvalue weighted by atomic mass is 19.3. The zero-order valence-corrected chi connectivity index (χ0v) is 20.5. The Morgan fingerprint density at radius 1 is 1.00 bits per heavy atom. The molecule has 37 heavy (non-hydrogen) atoms. The fourth-order valence-corrected chi connectivity index (χ4v) is 3.82. The van der Waals surface area contributed by atoms with Crippen molar-refractivity contribution in [2.45, 2.75) is 44.3 Å². The van der Waals surface area contributed by atoms with Gasteiger partial charge >= 0.3 is 12.1 Å². The van der Waals surface area contributed by atoms with Crippen molar-refractivity contribution in [1.29, 1.82) is 0 Å². The van der Waals surface area contributed by atoms with E-state index in [0.717, 1.165) is 0 Å². The normalized spacial score (nSPS) is 15.9. The van der Waals surface area contributed by atoms with Crippen LogP contribution in [0.25, 0.3) is 0 Å². The van der Waals surface area contributed by atoms with Crippen LogP contribution in [0.2, 0.25) is 0 Å². The molecule has 0 bridgehead atoms. The highest BCUT2D eigenvalue weighted by Gasteiger charge is 2.34. The summed E-state index contributed by atoms with van der Waals surface area (Å²) in [6.07, 6.45) is -1.00. The number of anilines is 1. The van der Waals surface area contributed by atoms with Gasteiger partial charge in [-0.25, -0.2) is 22.8 Å². The van der Waals surface area contributed by atoms with Crippen LogP contribution in [0.15, 0.2) is 48.5 Å². The summed E-state index contributed by atoms with van der Waals surface area (Å²) in [5.74, 6) is -3.94. The van der Waals surface area contributed by atoms with Crippen LogP contribution >= 0.6 is 0 Å². The molecule has 2 N–H and O–H groups in total. The van der Waals surface area contributed by atoms with E-state index in [4.69, 9.17) is 9.47 Å². The van der Waals surface area contributed by atoms with Crippen molar-refractivity contribution in [2.24, 2.45) is 0 Å². The number of hydrogen-bond acceptors (Lipinski definition) is 6. The van der Waals surface area contributed by atoms with E-state index in [9.17, 15) is 27.6 Å². The fraction of sp³-hybridized carbons (Fsp3) is 0.423. The molecule has 1 heterocycles. The molecule has 1 saturated heterocycles. The van der Waals surface area contributed by atoms with Crippen molar-refractivity contribution < 1.29 is 37.0 Å². The molecule has 8 nitrogen and oxygen atoms in total. The predicted molar refractivity (Wildman–Crippen MR) is 130 cm³/mol. The lowest BCUT2D eigenvalue weighted by Crippen LogP contribution is -2.46. The maximum atomic E-state index is 13.3. The summed E-state index contributed by atoms with van der Waals surface area (Å²) in [5.41, 5.74) is 1.87. The van der Waals surface area contributed by atoms with Gasteiger partial charge in [0.2, 0.25) is 5.91 Å². The molecule has 2 aromatic carbocycles. The molecule has 200 valence electrons. The minimum absolute atomic E-state index is 0.0786. The molecule has 2 aromatic rings. The summed E-state index contributed by atoms with van der Waals surface area (Å²) in [7, 11) is 1.20. The number of ether oxygens (including phenoxy) is 2. The Kier molecular flexibility index (Phi) is 9.90. The first-order valence-corrected chi connectivity index (χ1v) is 11.9. The third-order valence-electron chi connectivity index (χ3n) is 5.98. The van der Waals surface area contributed by atoms with E-state index in [1.165, 1.54) is 19.2 Å². The van der Waals surface area contributed by atoms with Gasteiger partial charge in [-0.1, -0.05) is 24.3 Å². The summed E-state index contributed by atoms with van der Waals surface area (Å²) in [6, 6.07) is 11.3. The second-order valence-corrected chi connectivity index (χ2v) is 8.83.